The maximum Gasteiger partial charge on any atom is 0.250 e. The molecule has 0 heterocycles. The minimum Gasteiger partial charge on any atom is -0.205 e. The molecule has 11 heteroatoms. The van der Waals surface area contributed by atoms with Gasteiger partial charge >= 0.3 is 0 Å². The molecule has 0 saturated heterocycles. The zero-order chi connectivity index (χ0) is 15.0. The second-order valence-electron chi connectivity index (χ2n) is 3.50. The first-order valence-corrected chi connectivity index (χ1v) is 9.27. The molecule has 0 unspecified atom stereocenters. The molecule has 0 fully saturated rings. The molecule has 19 heavy (non-hydrogen) atoms. The third kappa shape index (κ3) is 4.88. The molecule has 0 spiro atoms. The maximum atomic E-state index is 11.1. The molecule has 0 aromatic carbocycles. The largest absolute Gasteiger partial charge is 0.250 e. The zero-order valence-corrected chi connectivity index (χ0v) is 13.5. The van der Waals surface area contributed by atoms with E-state index < -0.39 is 20.0 Å². The molecule has 0 aromatic rings. The molecule has 0 aliphatic heterocycles. The van der Waals surface area contributed by atoms with E-state index in [1.165, 1.54) is 0 Å². The van der Waals surface area contributed by atoms with Crippen molar-refractivity contribution >= 4 is 66.3 Å². The van der Waals surface area contributed by atoms with Gasteiger partial charge in [0.25, 0.3) is 20.0 Å². The van der Waals surface area contributed by atoms with E-state index in [0.29, 0.717) is 0 Å². The first kappa shape index (κ1) is 16.6. The third-order valence-electron chi connectivity index (χ3n) is 1.64. The van der Waals surface area contributed by atoms with Crippen LogP contribution in [0.3, 0.4) is 0 Å². The minimum atomic E-state index is -3.74. The van der Waals surface area contributed by atoms with Crippen LogP contribution >= 0.6 is 34.8 Å². The molecule has 106 valence electrons. The number of hydrogen-bond acceptors (Lipinski definition) is 4. The van der Waals surface area contributed by atoms with Crippen LogP contribution < -0.4 is 0 Å². The third-order valence-corrected chi connectivity index (χ3v) is 3.81. The molecule has 0 N–H and O–H groups in total. The second-order valence-corrected chi connectivity index (χ2v) is 7.96. The first-order valence-electron chi connectivity index (χ1n) is 4.44. The maximum absolute atomic E-state index is 11.1. The van der Waals surface area contributed by atoms with E-state index in [2.05, 4.69) is 8.80 Å². The van der Waals surface area contributed by atoms with E-state index in [0.717, 1.165) is 18.6 Å². The van der Waals surface area contributed by atoms with Gasteiger partial charge in [-0.05, 0) is 6.08 Å². The van der Waals surface area contributed by atoms with E-state index in [1.54, 1.807) is 0 Å². The fourth-order valence-electron chi connectivity index (χ4n) is 1.07. The quantitative estimate of drug-likeness (QED) is 0.695. The lowest BCUT2D eigenvalue weighted by atomic mass is 10.1. The monoisotopic (exact) mass is 364 g/mol. The first-order chi connectivity index (χ1) is 8.41. The minimum absolute atomic E-state index is 0.178. The number of halogens is 3. The van der Waals surface area contributed by atoms with Crippen molar-refractivity contribution < 1.29 is 16.8 Å². The summed E-state index contributed by atoms with van der Waals surface area (Å²) >= 11 is 17.4. The van der Waals surface area contributed by atoms with Crippen molar-refractivity contribution in [1.82, 2.24) is 0 Å². The Hall–Kier alpha value is -0.410. The van der Waals surface area contributed by atoms with E-state index in [4.69, 9.17) is 34.8 Å². The lowest BCUT2D eigenvalue weighted by molar-refractivity contribution is 0.602. The topological polar surface area (TPSA) is 93.0 Å². The van der Waals surface area contributed by atoms with E-state index in [-0.39, 0.29) is 26.5 Å². The second kappa shape index (κ2) is 5.53. The average molecular weight is 366 g/mol. The van der Waals surface area contributed by atoms with Gasteiger partial charge in [-0.1, -0.05) is 34.8 Å². The SMILES string of the molecule is CS(=O)(=O)/N=C1C(Cl)=C/C(=N\S(C)(=O)=O)C(Cl)=C/1Cl. The number of rotatable bonds is 2. The molecule has 0 amide bonds. The number of nitrogens with zero attached hydrogens (tertiary/aromatic N) is 2. The van der Waals surface area contributed by atoms with Crippen LogP contribution in [0.5, 0.6) is 0 Å². The molecular weight excluding hydrogens is 359 g/mol. The number of allylic oxidation sites excluding steroid dienone is 4. The molecule has 0 radical (unpaired) electrons. The van der Waals surface area contributed by atoms with Crippen molar-refractivity contribution in [2.45, 2.75) is 0 Å². The van der Waals surface area contributed by atoms with Crippen molar-refractivity contribution in [3.8, 4) is 0 Å². The molecule has 0 aromatic heterocycles. The Bertz CT molecular complexity index is 745. The average Bonchev–Trinajstić information content (AvgIpc) is 2.17. The summed E-state index contributed by atoms with van der Waals surface area (Å²) < 4.78 is 50.9. The van der Waals surface area contributed by atoms with Crippen LogP contribution in [0, 0.1) is 0 Å². The van der Waals surface area contributed by atoms with Crippen molar-refractivity contribution in [1.29, 1.82) is 0 Å². The predicted molar refractivity (Wildman–Crippen MR) is 77.2 cm³/mol. The number of hydrogen-bond donors (Lipinski definition) is 0. The van der Waals surface area contributed by atoms with E-state index in [9.17, 15) is 16.8 Å². The normalized spacial score (nSPS) is 22.1. The van der Waals surface area contributed by atoms with Crippen molar-refractivity contribution in [3.05, 3.63) is 21.2 Å². The summed E-state index contributed by atoms with van der Waals surface area (Å²) in [5.41, 5.74) is -0.449. The Morgan fingerprint density at radius 1 is 0.895 bits per heavy atom. The van der Waals surface area contributed by atoms with Crippen LogP contribution in [0.25, 0.3) is 0 Å². The molecular formula is C8H7Cl3N2O4S2. The zero-order valence-electron chi connectivity index (χ0n) is 9.56. The van der Waals surface area contributed by atoms with Gasteiger partial charge < -0.3 is 0 Å². The predicted octanol–water partition coefficient (Wildman–Crippen LogP) is 1.61. The Morgan fingerprint density at radius 3 is 1.79 bits per heavy atom. The summed E-state index contributed by atoms with van der Waals surface area (Å²) in [6, 6.07) is 0. The fourth-order valence-corrected chi connectivity index (χ4v) is 2.96. The van der Waals surface area contributed by atoms with Crippen LogP contribution in [0.1, 0.15) is 0 Å². The fraction of sp³-hybridized carbons (Fsp3) is 0.250. The van der Waals surface area contributed by atoms with Gasteiger partial charge in [-0.3, -0.25) is 0 Å². The lowest BCUT2D eigenvalue weighted by Crippen LogP contribution is -2.15. The van der Waals surface area contributed by atoms with E-state index >= 15 is 0 Å². The Kier molecular flexibility index (Phi) is 4.84. The Balaban J connectivity index is 3.51. The van der Waals surface area contributed by atoms with Gasteiger partial charge in [0, 0.05) is 0 Å². The summed E-state index contributed by atoms with van der Waals surface area (Å²) in [7, 11) is -7.45. The molecule has 0 saturated carbocycles. The van der Waals surface area contributed by atoms with Gasteiger partial charge in [-0.25, -0.2) is 16.8 Å². The number of sulfonamides is 2. The van der Waals surface area contributed by atoms with Crippen LogP contribution in [0.15, 0.2) is 30.0 Å². The van der Waals surface area contributed by atoms with Crippen molar-refractivity contribution in [3.63, 3.8) is 0 Å². The lowest BCUT2D eigenvalue weighted by Gasteiger charge is -2.12. The van der Waals surface area contributed by atoms with Gasteiger partial charge in [0.05, 0.1) is 33.3 Å². The van der Waals surface area contributed by atoms with Crippen LogP contribution in [-0.4, -0.2) is 40.8 Å². The smallest absolute Gasteiger partial charge is 0.205 e. The molecule has 1 aliphatic carbocycles. The van der Waals surface area contributed by atoms with Crippen molar-refractivity contribution in [2.75, 3.05) is 12.5 Å². The van der Waals surface area contributed by atoms with Gasteiger partial charge in [0.2, 0.25) is 0 Å². The summed E-state index contributed by atoms with van der Waals surface area (Å²) in [5.74, 6) is 0. The van der Waals surface area contributed by atoms with Crippen LogP contribution in [-0.2, 0) is 20.0 Å². The highest BCUT2D eigenvalue weighted by atomic mass is 35.5. The summed E-state index contributed by atoms with van der Waals surface area (Å²) in [6.07, 6.45) is 2.78. The van der Waals surface area contributed by atoms with Gasteiger partial charge in [-0.15, -0.1) is 0 Å². The summed E-state index contributed by atoms with van der Waals surface area (Å²) in [4.78, 5) is 0. The van der Waals surface area contributed by atoms with Crippen molar-refractivity contribution in [2.24, 2.45) is 8.80 Å². The highest BCUT2D eigenvalue weighted by Gasteiger charge is 2.24. The molecule has 0 bridgehead atoms. The van der Waals surface area contributed by atoms with Gasteiger partial charge in [-0.2, -0.15) is 8.80 Å². The Morgan fingerprint density at radius 2 is 1.37 bits per heavy atom. The summed E-state index contributed by atoms with van der Waals surface area (Å²) in [6.45, 7) is 0. The van der Waals surface area contributed by atoms with Crippen LogP contribution in [0.4, 0.5) is 0 Å². The Labute approximate surface area is 125 Å². The van der Waals surface area contributed by atoms with E-state index in [1.807, 2.05) is 0 Å². The summed E-state index contributed by atoms with van der Waals surface area (Å²) in [5, 5.41) is -0.719. The highest BCUT2D eigenvalue weighted by Crippen LogP contribution is 2.29. The standard InChI is InChI=1S/C8H7Cl3N2O4S2/c1-18(14,15)12-5-3-4(9)8(7(11)6(5)10)13-19(2,16)17/h3H,1-2H3/b12-5+,13-8-. The van der Waals surface area contributed by atoms with Gasteiger partial charge in [0.15, 0.2) is 0 Å². The van der Waals surface area contributed by atoms with Crippen LogP contribution in [0.2, 0.25) is 0 Å². The molecule has 1 rings (SSSR count). The molecule has 6 nitrogen and oxygen atoms in total. The molecule has 1 aliphatic rings. The van der Waals surface area contributed by atoms with Gasteiger partial charge in [0.1, 0.15) is 5.71 Å². The molecule has 0 atom stereocenters. The highest BCUT2D eigenvalue weighted by molar-refractivity contribution is 7.89.